The second kappa shape index (κ2) is 7.97. The Morgan fingerprint density at radius 1 is 1.35 bits per heavy atom. The van der Waals surface area contributed by atoms with Crippen LogP contribution < -0.4 is 5.32 Å². The van der Waals surface area contributed by atoms with Crippen LogP contribution in [0.5, 0.6) is 5.75 Å². The van der Waals surface area contributed by atoms with Gasteiger partial charge in [-0.25, -0.2) is 4.98 Å². The van der Waals surface area contributed by atoms with E-state index in [1.807, 2.05) is 6.07 Å². The SMILES string of the molecule is C/N=C/c1nc(CCCCN2CCNCC2)ccc1O. The lowest BCUT2D eigenvalue weighted by atomic mass is 10.1. The first-order valence-electron chi connectivity index (χ1n) is 7.33. The molecule has 0 amide bonds. The van der Waals surface area contributed by atoms with E-state index in [9.17, 15) is 5.11 Å². The summed E-state index contributed by atoms with van der Waals surface area (Å²) in [5.74, 6) is 0.195. The molecule has 5 heteroatoms. The molecule has 2 heterocycles. The molecule has 1 aromatic rings. The largest absolute Gasteiger partial charge is 0.506 e. The fraction of sp³-hybridized carbons (Fsp3) is 0.600. The van der Waals surface area contributed by atoms with Crippen molar-refractivity contribution in [3.8, 4) is 5.75 Å². The molecule has 110 valence electrons. The highest BCUT2D eigenvalue weighted by atomic mass is 16.3. The lowest BCUT2D eigenvalue weighted by Crippen LogP contribution is -2.43. The minimum absolute atomic E-state index is 0.195. The van der Waals surface area contributed by atoms with Gasteiger partial charge in [0, 0.05) is 38.9 Å². The minimum Gasteiger partial charge on any atom is -0.506 e. The van der Waals surface area contributed by atoms with Crippen LogP contribution in [0.3, 0.4) is 0 Å². The number of unbranched alkanes of at least 4 members (excludes halogenated alkanes) is 1. The summed E-state index contributed by atoms with van der Waals surface area (Å²) in [6, 6.07) is 3.60. The lowest BCUT2D eigenvalue weighted by molar-refractivity contribution is 0.237. The van der Waals surface area contributed by atoms with Gasteiger partial charge in [0.2, 0.25) is 0 Å². The molecule has 0 bridgehead atoms. The van der Waals surface area contributed by atoms with Crippen molar-refractivity contribution in [2.75, 3.05) is 39.8 Å². The number of nitrogens with zero attached hydrogens (tertiary/aromatic N) is 3. The number of aryl methyl sites for hydroxylation is 1. The zero-order chi connectivity index (χ0) is 14.2. The molecule has 2 rings (SSSR count). The molecule has 0 spiro atoms. The number of nitrogens with one attached hydrogen (secondary N) is 1. The Balaban J connectivity index is 1.74. The average molecular weight is 276 g/mol. The Kier molecular flexibility index (Phi) is 5.95. The van der Waals surface area contributed by atoms with E-state index in [1.54, 1.807) is 19.3 Å². The van der Waals surface area contributed by atoms with Gasteiger partial charge in [-0.2, -0.15) is 0 Å². The van der Waals surface area contributed by atoms with E-state index < -0.39 is 0 Å². The highest BCUT2D eigenvalue weighted by molar-refractivity contribution is 5.80. The highest BCUT2D eigenvalue weighted by Gasteiger charge is 2.08. The predicted octanol–water partition coefficient (Wildman–Crippen LogP) is 1.06. The summed E-state index contributed by atoms with van der Waals surface area (Å²) in [5.41, 5.74) is 1.59. The van der Waals surface area contributed by atoms with Crippen LogP contribution in [-0.2, 0) is 6.42 Å². The summed E-state index contributed by atoms with van der Waals surface area (Å²) >= 11 is 0. The quantitative estimate of drug-likeness (QED) is 0.602. The molecule has 5 nitrogen and oxygen atoms in total. The number of rotatable bonds is 6. The van der Waals surface area contributed by atoms with Crippen LogP contribution in [0, 0.1) is 0 Å². The zero-order valence-electron chi connectivity index (χ0n) is 12.2. The van der Waals surface area contributed by atoms with Gasteiger partial charge in [-0.1, -0.05) is 0 Å². The molecule has 1 aromatic heterocycles. The second-order valence-corrected chi connectivity index (χ2v) is 5.14. The van der Waals surface area contributed by atoms with Gasteiger partial charge >= 0.3 is 0 Å². The van der Waals surface area contributed by atoms with Crippen molar-refractivity contribution in [3.63, 3.8) is 0 Å². The molecular formula is C15H24N4O. The van der Waals surface area contributed by atoms with Crippen molar-refractivity contribution < 1.29 is 5.11 Å². The Labute approximate surface area is 120 Å². The molecule has 1 aliphatic rings. The number of hydrogen-bond donors (Lipinski definition) is 2. The molecule has 2 N–H and O–H groups in total. The molecule has 0 saturated carbocycles. The summed E-state index contributed by atoms with van der Waals surface area (Å²) in [4.78, 5) is 10.8. The van der Waals surface area contributed by atoms with Crippen molar-refractivity contribution >= 4 is 6.21 Å². The monoisotopic (exact) mass is 276 g/mol. The molecule has 0 radical (unpaired) electrons. The molecule has 1 saturated heterocycles. The number of pyridine rings is 1. The van der Waals surface area contributed by atoms with Crippen LogP contribution in [0.2, 0.25) is 0 Å². The van der Waals surface area contributed by atoms with Crippen molar-refractivity contribution in [3.05, 3.63) is 23.5 Å². The highest BCUT2D eigenvalue weighted by Crippen LogP contribution is 2.14. The predicted molar refractivity (Wildman–Crippen MR) is 81.7 cm³/mol. The van der Waals surface area contributed by atoms with E-state index in [-0.39, 0.29) is 5.75 Å². The van der Waals surface area contributed by atoms with Crippen molar-refractivity contribution in [2.24, 2.45) is 4.99 Å². The third-order valence-electron chi connectivity index (χ3n) is 3.58. The van der Waals surface area contributed by atoms with E-state index in [0.29, 0.717) is 5.69 Å². The maximum Gasteiger partial charge on any atom is 0.142 e. The third-order valence-corrected chi connectivity index (χ3v) is 3.58. The van der Waals surface area contributed by atoms with E-state index in [1.165, 1.54) is 13.0 Å². The van der Waals surface area contributed by atoms with Crippen molar-refractivity contribution in [1.82, 2.24) is 15.2 Å². The van der Waals surface area contributed by atoms with E-state index in [4.69, 9.17) is 0 Å². The molecule has 1 aliphatic heterocycles. The Morgan fingerprint density at radius 3 is 2.90 bits per heavy atom. The zero-order valence-corrected chi connectivity index (χ0v) is 12.2. The van der Waals surface area contributed by atoms with Crippen LogP contribution in [0.1, 0.15) is 24.2 Å². The van der Waals surface area contributed by atoms with Crippen LogP contribution in [0.15, 0.2) is 17.1 Å². The van der Waals surface area contributed by atoms with Crippen molar-refractivity contribution in [2.45, 2.75) is 19.3 Å². The lowest BCUT2D eigenvalue weighted by Gasteiger charge is -2.26. The first-order chi connectivity index (χ1) is 9.79. The van der Waals surface area contributed by atoms with Gasteiger partial charge in [0.05, 0.1) is 6.21 Å². The van der Waals surface area contributed by atoms with Crippen LogP contribution in [0.25, 0.3) is 0 Å². The summed E-state index contributed by atoms with van der Waals surface area (Å²) in [5, 5.41) is 13.0. The number of aromatic hydroxyl groups is 1. The molecule has 0 aromatic carbocycles. The topological polar surface area (TPSA) is 60.8 Å². The Bertz CT molecular complexity index is 441. The normalized spacial score (nSPS) is 16.9. The van der Waals surface area contributed by atoms with Gasteiger partial charge in [-0.3, -0.25) is 4.99 Å². The number of hydrogen-bond acceptors (Lipinski definition) is 5. The van der Waals surface area contributed by atoms with Gasteiger partial charge in [0.15, 0.2) is 0 Å². The van der Waals surface area contributed by atoms with Gasteiger partial charge < -0.3 is 15.3 Å². The van der Waals surface area contributed by atoms with E-state index in [0.717, 1.165) is 44.7 Å². The molecule has 20 heavy (non-hydrogen) atoms. The minimum atomic E-state index is 0.195. The molecule has 0 atom stereocenters. The first kappa shape index (κ1) is 14.9. The fourth-order valence-electron chi connectivity index (χ4n) is 2.44. The summed E-state index contributed by atoms with van der Waals surface area (Å²) in [6.45, 7) is 5.71. The Hall–Kier alpha value is -1.46. The molecular weight excluding hydrogens is 252 g/mol. The van der Waals surface area contributed by atoms with Crippen LogP contribution in [0.4, 0.5) is 0 Å². The standard InChI is InChI=1S/C15H24N4O/c1-16-12-14-15(20)6-5-13(18-14)4-2-3-9-19-10-7-17-8-11-19/h5-6,12,17,20H,2-4,7-11H2,1H3/b16-12+. The van der Waals surface area contributed by atoms with Crippen LogP contribution in [-0.4, -0.2) is 61.0 Å². The molecule has 0 unspecified atom stereocenters. The van der Waals surface area contributed by atoms with Crippen LogP contribution >= 0.6 is 0 Å². The summed E-state index contributed by atoms with van der Waals surface area (Å²) in [6.07, 6.45) is 4.88. The van der Waals surface area contributed by atoms with Gasteiger partial charge in [-0.05, 0) is 37.9 Å². The van der Waals surface area contributed by atoms with Gasteiger partial charge in [-0.15, -0.1) is 0 Å². The first-order valence-corrected chi connectivity index (χ1v) is 7.33. The number of aromatic nitrogens is 1. The molecule has 1 fully saturated rings. The summed E-state index contributed by atoms with van der Waals surface area (Å²) < 4.78 is 0. The third kappa shape index (κ3) is 4.58. The molecule has 0 aliphatic carbocycles. The maximum atomic E-state index is 9.64. The summed E-state index contributed by atoms with van der Waals surface area (Å²) in [7, 11) is 1.68. The van der Waals surface area contributed by atoms with Gasteiger partial charge in [0.1, 0.15) is 11.4 Å². The van der Waals surface area contributed by atoms with Crippen molar-refractivity contribution in [1.29, 1.82) is 0 Å². The fourth-order valence-corrected chi connectivity index (χ4v) is 2.44. The van der Waals surface area contributed by atoms with E-state index >= 15 is 0 Å². The van der Waals surface area contributed by atoms with E-state index in [2.05, 4.69) is 20.2 Å². The maximum absolute atomic E-state index is 9.64. The second-order valence-electron chi connectivity index (χ2n) is 5.14. The number of aliphatic imine (C=N–C) groups is 1. The van der Waals surface area contributed by atoms with Gasteiger partial charge in [0.25, 0.3) is 0 Å². The smallest absolute Gasteiger partial charge is 0.142 e. The average Bonchev–Trinajstić information content (AvgIpc) is 2.48. The number of piperazine rings is 1. The Morgan fingerprint density at radius 2 is 2.15 bits per heavy atom.